The zero-order chi connectivity index (χ0) is 18.0. The van der Waals surface area contributed by atoms with E-state index >= 15 is 0 Å². The molecule has 0 aliphatic carbocycles. The molecule has 2 aromatic rings. The van der Waals surface area contributed by atoms with Gasteiger partial charge in [0, 0.05) is 35.8 Å². The minimum atomic E-state index is -4.49. The Balaban J connectivity index is 1.81. The molecule has 3 rings (SSSR count). The summed E-state index contributed by atoms with van der Waals surface area (Å²) in [4.78, 5) is 9.48. The van der Waals surface area contributed by atoms with Crippen LogP contribution in [0, 0.1) is 0 Å². The van der Waals surface area contributed by atoms with E-state index in [4.69, 9.17) is 17.3 Å². The third-order valence-electron chi connectivity index (χ3n) is 3.62. The number of rotatable bonds is 3. The summed E-state index contributed by atoms with van der Waals surface area (Å²) in [5.41, 5.74) is 5.87. The Morgan fingerprint density at radius 1 is 1.20 bits per heavy atom. The molecule has 0 fully saturated rings. The largest absolute Gasteiger partial charge is 0.431 e. The second kappa shape index (κ2) is 6.76. The van der Waals surface area contributed by atoms with Gasteiger partial charge in [-0.2, -0.15) is 13.2 Å². The van der Waals surface area contributed by atoms with Gasteiger partial charge in [-0.1, -0.05) is 29.8 Å². The number of nitrogens with two attached hydrogens (primary N) is 1. The maximum absolute atomic E-state index is 13.1. The predicted molar refractivity (Wildman–Crippen MR) is 90.3 cm³/mol. The van der Waals surface area contributed by atoms with E-state index in [1.807, 2.05) is 0 Å². The SMILES string of the molecule is Nc1cccc(-c2ncc(CN3C(C(F)(F)F)=CC=CC3Cl)cn2)c1. The summed E-state index contributed by atoms with van der Waals surface area (Å²) in [7, 11) is 0. The van der Waals surface area contributed by atoms with E-state index in [1.54, 1.807) is 24.3 Å². The molecule has 0 saturated carbocycles. The van der Waals surface area contributed by atoms with Gasteiger partial charge in [0.05, 0.1) is 0 Å². The predicted octanol–water partition coefficient (Wildman–Crippen LogP) is 4.11. The second-order valence-electron chi connectivity index (χ2n) is 5.48. The highest BCUT2D eigenvalue weighted by molar-refractivity contribution is 6.21. The third kappa shape index (κ3) is 3.93. The van der Waals surface area contributed by atoms with Gasteiger partial charge in [-0.25, -0.2) is 9.97 Å². The van der Waals surface area contributed by atoms with Crippen molar-refractivity contribution in [3.8, 4) is 11.4 Å². The number of anilines is 1. The van der Waals surface area contributed by atoms with E-state index in [0.29, 0.717) is 17.1 Å². The second-order valence-corrected chi connectivity index (χ2v) is 5.92. The Bertz CT molecular complexity index is 815. The van der Waals surface area contributed by atoms with Crippen LogP contribution in [0.25, 0.3) is 11.4 Å². The fourth-order valence-corrected chi connectivity index (χ4v) is 2.72. The average molecular weight is 367 g/mol. The number of nitrogens with zero attached hydrogens (tertiary/aromatic N) is 3. The molecule has 2 N–H and O–H groups in total. The molecule has 2 heterocycles. The molecule has 1 aromatic heterocycles. The average Bonchev–Trinajstić information content (AvgIpc) is 2.56. The van der Waals surface area contributed by atoms with Crippen molar-refractivity contribution < 1.29 is 13.2 Å². The lowest BCUT2D eigenvalue weighted by molar-refractivity contribution is -0.113. The normalized spacial score (nSPS) is 17.5. The third-order valence-corrected chi connectivity index (χ3v) is 4.01. The molecule has 0 bridgehead atoms. The van der Waals surface area contributed by atoms with Crippen LogP contribution in [-0.2, 0) is 6.54 Å². The molecule has 25 heavy (non-hydrogen) atoms. The summed E-state index contributed by atoms with van der Waals surface area (Å²) in [6, 6.07) is 7.05. The Kier molecular flexibility index (Phi) is 4.67. The standard InChI is InChI=1S/C17H14ClF3N4/c18-15-6-2-5-14(17(19,20)21)25(15)10-11-8-23-16(24-9-11)12-3-1-4-13(22)7-12/h1-9,15H,10,22H2. The van der Waals surface area contributed by atoms with Crippen LogP contribution in [0.3, 0.4) is 0 Å². The summed E-state index contributed by atoms with van der Waals surface area (Å²) in [5, 5.41) is 0. The number of aromatic nitrogens is 2. The zero-order valence-electron chi connectivity index (χ0n) is 12.9. The van der Waals surface area contributed by atoms with Crippen LogP contribution in [0.1, 0.15) is 5.56 Å². The maximum atomic E-state index is 13.1. The molecule has 8 heteroatoms. The Labute approximate surface area is 147 Å². The van der Waals surface area contributed by atoms with E-state index in [2.05, 4.69) is 9.97 Å². The van der Waals surface area contributed by atoms with Crippen LogP contribution < -0.4 is 5.73 Å². The first-order valence-corrected chi connectivity index (χ1v) is 7.81. The molecule has 1 aliphatic rings. The number of alkyl halides is 4. The Morgan fingerprint density at radius 3 is 2.56 bits per heavy atom. The molecule has 4 nitrogen and oxygen atoms in total. The maximum Gasteiger partial charge on any atom is 0.431 e. The molecule has 1 aliphatic heterocycles. The minimum Gasteiger partial charge on any atom is -0.399 e. The summed E-state index contributed by atoms with van der Waals surface area (Å²) in [6.45, 7) is -0.0545. The highest BCUT2D eigenvalue weighted by Crippen LogP contribution is 2.34. The first-order valence-electron chi connectivity index (χ1n) is 7.38. The number of benzene rings is 1. The van der Waals surface area contributed by atoms with Crippen LogP contribution in [-0.4, -0.2) is 26.5 Å². The number of hydrogen-bond donors (Lipinski definition) is 1. The van der Waals surface area contributed by atoms with Crippen molar-refractivity contribution in [3.63, 3.8) is 0 Å². The molecule has 0 amide bonds. The molecule has 1 unspecified atom stereocenters. The quantitative estimate of drug-likeness (QED) is 0.504. The lowest BCUT2D eigenvalue weighted by Gasteiger charge is -2.33. The molecule has 130 valence electrons. The van der Waals surface area contributed by atoms with Gasteiger partial charge in [-0.05, 0) is 24.3 Å². The van der Waals surface area contributed by atoms with Crippen molar-refractivity contribution in [2.45, 2.75) is 18.2 Å². The Morgan fingerprint density at radius 2 is 1.92 bits per heavy atom. The molecule has 1 atom stereocenters. The van der Waals surface area contributed by atoms with Gasteiger partial charge in [0.15, 0.2) is 5.82 Å². The fourth-order valence-electron chi connectivity index (χ4n) is 2.46. The minimum absolute atomic E-state index is 0.0545. The number of halogens is 4. The fraction of sp³-hybridized carbons (Fsp3) is 0.176. The molecular weight excluding hydrogens is 353 g/mol. The number of hydrogen-bond acceptors (Lipinski definition) is 4. The van der Waals surface area contributed by atoms with Crippen LogP contribution >= 0.6 is 11.6 Å². The van der Waals surface area contributed by atoms with Crippen LogP contribution in [0.2, 0.25) is 0 Å². The molecule has 1 aromatic carbocycles. The van der Waals surface area contributed by atoms with Crippen molar-refractivity contribution in [1.82, 2.24) is 14.9 Å². The summed E-state index contributed by atoms with van der Waals surface area (Å²) < 4.78 is 39.4. The molecule has 0 spiro atoms. The van der Waals surface area contributed by atoms with E-state index < -0.39 is 17.4 Å². The van der Waals surface area contributed by atoms with Crippen molar-refractivity contribution >= 4 is 17.3 Å². The highest BCUT2D eigenvalue weighted by Gasteiger charge is 2.40. The zero-order valence-corrected chi connectivity index (χ0v) is 13.7. The van der Waals surface area contributed by atoms with Crippen molar-refractivity contribution in [2.24, 2.45) is 0 Å². The Hall–Kier alpha value is -2.54. The van der Waals surface area contributed by atoms with E-state index in [9.17, 15) is 13.2 Å². The van der Waals surface area contributed by atoms with Gasteiger partial charge in [-0.15, -0.1) is 0 Å². The molecule has 0 radical (unpaired) electrons. The van der Waals surface area contributed by atoms with Gasteiger partial charge in [0.25, 0.3) is 0 Å². The van der Waals surface area contributed by atoms with E-state index in [1.165, 1.54) is 24.5 Å². The van der Waals surface area contributed by atoms with Gasteiger partial charge < -0.3 is 10.6 Å². The summed E-state index contributed by atoms with van der Waals surface area (Å²) >= 11 is 6.02. The topological polar surface area (TPSA) is 55.0 Å². The van der Waals surface area contributed by atoms with Crippen molar-refractivity contribution in [3.05, 3.63) is 66.1 Å². The number of nitrogen functional groups attached to an aromatic ring is 1. The molecular formula is C17H14ClF3N4. The van der Waals surface area contributed by atoms with Crippen molar-refractivity contribution in [2.75, 3.05) is 5.73 Å². The van der Waals surface area contributed by atoms with Crippen LogP contribution in [0.15, 0.2) is 60.6 Å². The van der Waals surface area contributed by atoms with Gasteiger partial charge in [0.1, 0.15) is 11.2 Å². The first kappa shape index (κ1) is 17.3. The smallest absolute Gasteiger partial charge is 0.399 e. The highest BCUT2D eigenvalue weighted by atomic mass is 35.5. The van der Waals surface area contributed by atoms with Gasteiger partial charge in [-0.3, -0.25) is 0 Å². The van der Waals surface area contributed by atoms with Crippen molar-refractivity contribution in [1.29, 1.82) is 0 Å². The van der Waals surface area contributed by atoms with Gasteiger partial charge in [0.2, 0.25) is 0 Å². The van der Waals surface area contributed by atoms with E-state index in [0.717, 1.165) is 16.5 Å². The van der Waals surface area contributed by atoms with E-state index in [-0.39, 0.29) is 6.54 Å². The van der Waals surface area contributed by atoms with Gasteiger partial charge >= 0.3 is 6.18 Å². The van der Waals surface area contributed by atoms with Crippen LogP contribution in [0.4, 0.5) is 18.9 Å². The van der Waals surface area contributed by atoms with Crippen LogP contribution in [0.5, 0.6) is 0 Å². The molecule has 0 saturated heterocycles. The lowest BCUT2D eigenvalue weighted by atomic mass is 10.2. The summed E-state index contributed by atoms with van der Waals surface area (Å²) in [5.74, 6) is 0.448. The first-order chi connectivity index (χ1) is 11.8. The summed E-state index contributed by atoms with van der Waals surface area (Å²) in [6.07, 6.45) is 2.28. The number of allylic oxidation sites excluding steroid dienone is 3. The monoisotopic (exact) mass is 366 g/mol. The lowest BCUT2D eigenvalue weighted by Crippen LogP contribution is -2.37.